The lowest BCUT2D eigenvalue weighted by Crippen LogP contribution is -2.53. The van der Waals surface area contributed by atoms with E-state index in [1.807, 2.05) is 0 Å². The summed E-state index contributed by atoms with van der Waals surface area (Å²) in [5.41, 5.74) is -1.94. The third-order valence-electron chi connectivity index (χ3n) is 3.58. The zero-order chi connectivity index (χ0) is 15.8. The summed E-state index contributed by atoms with van der Waals surface area (Å²) in [7, 11) is -1.30. The molecule has 0 aromatic heterocycles. The molecule has 0 fully saturated rings. The van der Waals surface area contributed by atoms with Gasteiger partial charge in [0, 0.05) is 12.5 Å². The van der Waals surface area contributed by atoms with Gasteiger partial charge < -0.3 is 14.8 Å². The van der Waals surface area contributed by atoms with Crippen LogP contribution in [0.2, 0.25) is 0 Å². The number of benzene rings is 1. The topological polar surface area (TPSA) is 49.7 Å². The Balaban J connectivity index is 2.87. The molecule has 0 amide bonds. The molecule has 112 valence electrons. The Morgan fingerprint density at radius 3 is 1.80 bits per heavy atom. The van der Waals surface area contributed by atoms with Crippen LogP contribution in [0, 0.1) is 0 Å². The predicted octanol–water partition coefficient (Wildman–Crippen LogP) is 2.05. The first-order valence-corrected chi connectivity index (χ1v) is 6.41. The standard InChI is InChI=1S/C14H21BF2O3/c1-12(2,18)13(3,4)20-15(19)11-8-6-10(7-9-11)14(5,16)17/h6-9,18-19H,1-5H3. The summed E-state index contributed by atoms with van der Waals surface area (Å²) in [6.07, 6.45) is 0. The van der Waals surface area contributed by atoms with Gasteiger partial charge in [-0.1, -0.05) is 24.3 Å². The average molecular weight is 286 g/mol. The fourth-order valence-electron chi connectivity index (χ4n) is 1.43. The summed E-state index contributed by atoms with van der Waals surface area (Å²) in [5.74, 6) is -2.92. The van der Waals surface area contributed by atoms with E-state index in [-0.39, 0.29) is 5.56 Å². The van der Waals surface area contributed by atoms with Crippen molar-refractivity contribution in [3.63, 3.8) is 0 Å². The van der Waals surface area contributed by atoms with Crippen LogP contribution in [0.1, 0.15) is 40.2 Å². The number of hydrogen-bond donors (Lipinski definition) is 2. The molecule has 3 nitrogen and oxygen atoms in total. The van der Waals surface area contributed by atoms with Crippen molar-refractivity contribution >= 4 is 12.6 Å². The molecule has 20 heavy (non-hydrogen) atoms. The third kappa shape index (κ3) is 4.01. The Bertz CT molecular complexity index is 447. The van der Waals surface area contributed by atoms with Crippen LogP contribution in [0.15, 0.2) is 24.3 Å². The first kappa shape index (κ1) is 17.1. The van der Waals surface area contributed by atoms with Gasteiger partial charge in [0.2, 0.25) is 0 Å². The molecular formula is C14H21BF2O3. The van der Waals surface area contributed by atoms with Crippen LogP contribution in [0.3, 0.4) is 0 Å². The normalized spacial score (nSPS) is 13.4. The molecule has 0 spiro atoms. The second-order valence-electron chi connectivity index (χ2n) is 6.05. The molecule has 2 N–H and O–H groups in total. The molecule has 0 saturated carbocycles. The Kier molecular flexibility index (Phi) is 4.63. The van der Waals surface area contributed by atoms with Gasteiger partial charge in [0.25, 0.3) is 5.92 Å². The molecule has 1 aromatic carbocycles. The number of halogens is 2. The van der Waals surface area contributed by atoms with Crippen LogP contribution in [0.25, 0.3) is 0 Å². The van der Waals surface area contributed by atoms with E-state index in [4.69, 9.17) is 4.65 Å². The molecule has 0 aliphatic carbocycles. The summed E-state index contributed by atoms with van der Waals surface area (Å²) < 4.78 is 31.6. The van der Waals surface area contributed by atoms with Gasteiger partial charge in [0.05, 0.1) is 11.2 Å². The third-order valence-corrected chi connectivity index (χ3v) is 3.58. The fourth-order valence-corrected chi connectivity index (χ4v) is 1.43. The molecule has 0 saturated heterocycles. The van der Waals surface area contributed by atoms with E-state index in [2.05, 4.69) is 0 Å². The van der Waals surface area contributed by atoms with Crippen molar-refractivity contribution in [1.29, 1.82) is 0 Å². The van der Waals surface area contributed by atoms with E-state index in [0.717, 1.165) is 6.92 Å². The van der Waals surface area contributed by atoms with Crippen LogP contribution in [0.4, 0.5) is 8.78 Å². The molecule has 0 atom stereocenters. The summed E-state index contributed by atoms with van der Waals surface area (Å²) in [6.45, 7) is 7.24. The van der Waals surface area contributed by atoms with Crippen molar-refractivity contribution in [2.24, 2.45) is 0 Å². The van der Waals surface area contributed by atoms with Gasteiger partial charge in [-0.15, -0.1) is 0 Å². The van der Waals surface area contributed by atoms with Crippen LogP contribution >= 0.6 is 0 Å². The fraction of sp³-hybridized carbons (Fsp3) is 0.571. The maximum absolute atomic E-state index is 13.1. The molecule has 0 aliphatic rings. The predicted molar refractivity (Wildman–Crippen MR) is 75.1 cm³/mol. The van der Waals surface area contributed by atoms with Crippen molar-refractivity contribution in [2.45, 2.75) is 51.7 Å². The molecule has 0 radical (unpaired) electrons. The van der Waals surface area contributed by atoms with Gasteiger partial charge in [-0.2, -0.15) is 0 Å². The quantitative estimate of drug-likeness (QED) is 0.814. The van der Waals surface area contributed by atoms with Crippen LogP contribution in [-0.4, -0.2) is 28.5 Å². The summed E-state index contributed by atoms with van der Waals surface area (Å²) in [5, 5.41) is 19.9. The van der Waals surface area contributed by atoms with Crippen molar-refractivity contribution in [3.05, 3.63) is 29.8 Å². The number of hydrogen-bond acceptors (Lipinski definition) is 3. The zero-order valence-electron chi connectivity index (χ0n) is 12.4. The molecule has 0 bridgehead atoms. The van der Waals surface area contributed by atoms with Crippen molar-refractivity contribution in [3.8, 4) is 0 Å². The van der Waals surface area contributed by atoms with E-state index in [0.29, 0.717) is 5.46 Å². The van der Waals surface area contributed by atoms with Crippen molar-refractivity contribution in [2.75, 3.05) is 0 Å². The molecule has 0 heterocycles. The van der Waals surface area contributed by atoms with E-state index in [1.165, 1.54) is 24.3 Å². The van der Waals surface area contributed by atoms with Gasteiger partial charge in [0.15, 0.2) is 0 Å². The molecule has 6 heteroatoms. The highest BCUT2D eigenvalue weighted by atomic mass is 19.3. The number of aliphatic hydroxyl groups is 1. The van der Waals surface area contributed by atoms with Gasteiger partial charge in [-0.05, 0) is 33.2 Å². The first-order valence-electron chi connectivity index (χ1n) is 6.41. The number of alkyl halides is 2. The monoisotopic (exact) mass is 286 g/mol. The molecule has 1 rings (SSSR count). The van der Waals surface area contributed by atoms with Gasteiger partial charge >= 0.3 is 7.12 Å². The Morgan fingerprint density at radius 2 is 1.45 bits per heavy atom. The second kappa shape index (κ2) is 5.43. The van der Waals surface area contributed by atoms with E-state index in [9.17, 15) is 18.9 Å². The van der Waals surface area contributed by atoms with Crippen LogP contribution in [0.5, 0.6) is 0 Å². The Hall–Kier alpha value is -0.975. The van der Waals surface area contributed by atoms with Crippen LogP contribution in [-0.2, 0) is 10.6 Å². The maximum atomic E-state index is 13.1. The van der Waals surface area contributed by atoms with Crippen molar-refractivity contribution < 1.29 is 23.6 Å². The summed E-state index contributed by atoms with van der Waals surface area (Å²) >= 11 is 0. The highest BCUT2D eigenvalue weighted by Crippen LogP contribution is 2.27. The highest BCUT2D eigenvalue weighted by Gasteiger charge is 2.39. The average Bonchev–Trinajstić information content (AvgIpc) is 2.26. The van der Waals surface area contributed by atoms with Crippen molar-refractivity contribution in [1.82, 2.24) is 0 Å². The van der Waals surface area contributed by atoms with Crippen LogP contribution < -0.4 is 5.46 Å². The summed E-state index contributed by atoms with van der Waals surface area (Å²) in [6, 6.07) is 5.27. The lowest BCUT2D eigenvalue weighted by Gasteiger charge is -2.38. The van der Waals surface area contributed by atoms with E-state index < -0.39 is 24.2 Å². The Morgan fingerprint density at radius 1 is 1.00 bits per heavy atom. The maximum Gasteiger partial charge on any atom is 0.491 e. The molecule has 0 unspecified atom stereocenters. The zero-order valence-corrected chi connectivity index (χ0v) is 12.4. The molecule has 0 aliphatic heterocycles. The minimum Gasteiger partial charge on any atom is -0.423 e. The van der Waals surface area contributed by atoms with E-state index in [1.54, 1.807) is 27.7 Å². The largest absolute Gasteiger partial charge is 0.491 e. The van der Waals surface area contributed by atoms with E-state index >= 15 is 0 Å². The lowest BCUT2D eigenvalue weighted by molar-refractivity contribution is -0.0982. The highest BCUT2D eigenvalue weighted by molar-refractivity contribution is 6.60. The minimum absolute atomic E-state index is 0.129. The van der Waals surface area contributed by atoms with Gasteiger partial charge in [0.1, 0.15) is 0 Å². The Labute approximate surface area is 118 Å². The summed E-state index contributed by atoms with van der Waals surface area (Å²) in [4.78, 5) is 0. The lowest BCUT2D eigenvalue weighted by atomic mass is 9.76. The minimum atomic E-state index is -2.92. The second-order valence-corrected chi connectivity index (χ2v) is 6.05. The number of rotatable bonds is 5. The van der Waals surface area contributed by atoms with Gasteiger partial charge in [-0.25, -0.2) is 8.78 Å². The van der Waals surface area contributed by atoms with Gasteiger partial charge in [-0.3, -0.25) is 0 Å². The molecule has 1 aromatic rings. The first-order chi connectivity index (χ1) is 8.84. The molecular weight excluding hydrogens is 265 g/mol. The SMILES string of the molecule is CC(F)(F)c1ccc(B(O)OC(C)(C)C(C)(C)O)cc1. The smallest absolute Gasteiger partial charge is 0.423 e.